The Morgan fingerprint density at radius 1 is 1.42 bits per heavy atom. The van der Waals surface area contributed by atoms with E-state index < -0.39 is 41.6 Å². The highest BCUT2D eigenvalue weighted by molar-refractivity contribution is 5.90. The number of carbonyl (C=O) groups is 1. The van der Waals surface area contributed by atoms with Gasteiger partial charge in [-0.1, -0.05) is 0 Å². The van der Waals surface area contributed by atoms with Crippen molar-refractivity contribution in [2.24, 2.45) is 0 Å². The van der Waals surface area contributed by atoms with Gasteiger partial charge in [-0.25, -0.2) is 13.6 Å². The molecule has 5 nitrogen and oxygen atoms in total. The second-order valence-electron chi connectivity index (χ2n) is 3.08. The van der Waals surface area contributed by atoms with Crippen LogP contribution < -0.4 is 9.47 Å². The van der Waals surface area contributed by atoms with E-state index in [1.54, 1.807) is 0 Å². The van der Waals surface area contributed by atoms with Crippen molar-refractivity contribution in [1.82, 2.24) is 4.98 Å². The summed E-state index contributed by atoms with van der Waals surface area (Å²) in [5.41, 5.74) is -2.55. The molecule has 10 heteroatoms. The Hall–Kier alpha value is -2.13. The van der Waals surface area contributed by atoms with Crippen LogP contribution in [0.25, 0.3) is 0 Å². The van der Waals surface area contributed by atoms with Crippen molar-refractivity contribution in [2.45, 2.75) is 12.8 Å². The summed E-state index contributed by atoms with van der Waals surface area (Å²) >= 11 is 0. The van der Waals surface area contributed by atoms with E-state index in [1.807, 2.05) is 0 Å². The Morgan fingerprint density at radius 3 is 2.37 bits per heavy atom. The lowest BCUT2D eigenvalue weighted by atomic mass is 10.1. The van der Waals surface area contributed by atoms with Crippen molar-refractivity contribution in [2.75, 3.05) is 7.11 Å². The first-order valence-corrected chi connectivity index (χ1v) is 4.51. The van der Waals surface area contributed by atoms with Gasteiger partial charge in [0.15, 0.2) is 0 Å². The first-order valence-electron chi connectivity index (χ1n) is 4.51. The average molecular weight is 287 g/mol. The van der Waals surface area contributed by atoms with Gasteiger partial charge in [-0.15, -0.1) is 13.2 Å². The highest BCUT2D eigenvalue weighted by Gasteiger charge is 2.36. The molecule has 1 heterocycles. The fourth-order valence-corrected chi connectivity index (χ4v) is 1.19. The van der Waals surface area contributed by atoms with Crippen molar-refractivity contribution >= 4 is 5.97 Å². The van der Waals surface area contributed by atoms with Gasteiger partial charge in [0.05, 0.1) is 18.2 Å². The molecule has 1 aromatic heterocycles. The molecule has 0 unspecified atom stereocenters. The van der Waals surface area contributed by atoms with E-state index in [4.69, 9.17) is 5.11 Å². The summed E-state index contributed by atoms with van der Waals surface area (Å²) in [6.07, 6.45) is -8.81. The zero-order valence-electron chi connectivity index (χ0n) is 9.16. The van der Waals surface area contributed by atoms with Gasteiger partial charge in [-0.2, -0.15) is 4.98 Å². The molecule has 0 amide bonds. The lowest BCUT2D eigenvalue weighted by Crippen LogP contribution is -2.20. The minimum atomic E-state index is -5.29. The predicted molar refractivity (Wildman–Crippen MR) is 49.4 cm³/mol. The molecule has 0 radical (unpaired) electrons. The minimum Gasteiger partial charge on any atom is -0.481 e. The number of hydrogen-bond acceptors (Lipinski definition) is 4. The standard InChI is InChI=1S/C9H6F5NO4/c1-18-4-2-3(8(16)17)5(6(10)11)7(15-4)19-9(12,13)14/h2,6H,1H3,(H,16,17). The number of ether oxygens (including phenoxy) is 2. The van der Waals surface area contributed by atoms with Gasteiger partial charge in [0.2, 0.25) is 11.8 Å². The molecule has 0 saturated heterocycles. The second-order valence-corrected chi connectivity index (χ2v) is 3.08. The monoisotopic (exact) mass is 287 g/mol. The smallest absolute Gasteiger partial charge is 0.481 e. The van der Waals surface area contributed by atoms with E-state index in [1.165, 1.54) is 0 Å². The van der Waals surface area contributed by atoms with Gasteiger partial charge < -0.3 is 14.6 Å². The highest BCUT2D eigenvalue weighted by atomic mass is 19.4. The largest absolute Gasteiger partial charge is 0.574 e. The van der Waals surface area contributed by atoms with Gasteiger partial charge in [0.25, 0.3) is 6.43 Å². The molecule has 1 aromatic rings. The van der Waals surface area contributed by atoms with Gasteiger partial charge >= 0.3 is 12.3 Å². The molecule has 106 valence electrons. The zero-order valence-corrected chi connectivity index (χ0v) is 9.16. The number of methoxy groups -OCH3 is 1. The van der Waals surface area contributed by atoms with Crippen LogP contribution in [0.15, 0.2) is 6.07 Å². The number of aromatic nitrogens is 1. The lowest BCUT2D eigenvalue weighted by molar-refractivity contribution is -0.276. The molecule has 1 N–H and O–H groups in total. The number of alkyl halides is 5. The van der Waals surface area contributed by atoms with Crippen LogP contribution in [0.4, 0.5) is 22.0 Å². The fraction of sp³-hybridized carbons (Fsp3) is 0.333. The molecule has 0 aliphatic carbocycles. The molecule has 0 aliphatic rings. The van der Waals surface area contributed by atoms with Crippen molar-refractivity contribution < 1.29 is 41.3 Å². The van der Waals surface area contributed by atoms with Crippen LogP contribution in [-0.2, 0) is 0 Å². The van der Waals surface area contributed by atoms with E-state index in [-0.39, 0.29) is 0 Å². The SMILES string of the molecule is COc1cc(C(=O)O)c(C(F)F)c(OC(F)(F)F)n1. The molecule has 0 aliphatic heterocycles. The number of halogens is 5. The van der Waals surface area contributed by atoms with E-state index in [9.17, 15) is 26.7 Å². The van der Waals surface area contributed by atoms with Gasteiger partial charge in [0, 0.05) is 6.07 Å². The number of pyridine rings is 1. The van der Waals surface area contributed by atoms with Crippen LogP contribution in [0.2, 0.25) is 0 Å². The lowest BCUT2D eigenvalue weighted by Gasteiger charge is -2.14. The van der Waals surface area contributed by atoms with Gasteiger partial charge in [-0.3, -0.25) is 0 Å². The summed E-state index contributed by atoms with van der Waals surface area (Å²) in [7, 11) is 0.980. The zero-order chi connectivity index (χ0) is 14.8. The number of aromatic carboxylic acids is 1. The Labute approximate surface area is 102 Å². The normalized spacial score (nSPS) is 11.5. The van der Waals surface area contributed by atoms with Crippen molar-refractivity contribution in [1.29, 1.82) is 0 Å². The Morgan fingerprint density at radius 2 is 2.00 bits per heavy atom. The van der Waals surface area contributed by atoms with Crippen LogP contribution in [0.5, 0.6) is 11.8 Å². The second kappa shape index (κ2) is 5.24. The third-order valence-corrected chi connectivity index (χ3v) is 1.87. The number of carboxylic acid groups (broad SMARTS) is 1. The summed E-state index contributed by atoms with van der Waals surface area (Å²) in [5, 5.41) is 8.70. The summed E-state index contributed by atoms with van der Waals surface area (Å²) in [6.45, 7) is 0. The molecule has 0 fully saturated rings. The first kappa shape index (κ1) is 14.9. The third-order valence-electron chi connectivity index (χ3n) is 1.87. The summed E-state index contributed by atoms with van der Waals surface area (Å²) in [6, 6.07) is 0.576. The Kier molecular flexibility index (Phi) is 4.12. The molecular weight excluding hydrogens is 281 g/mol. The molecule has 1 rings (SSSR count). The van der Waals surface area contributed by atoms with Crippen LogP contribution in [0.3, 0.4) is 0 Å². The molecule has 0 bridgehead atoms. The molecule has 0 atom stereocenters. The summed E-state index contributed by atoms with van der Waals surface area (Å²) in [4.78, 5) is 13.8. The Bertz CT molecular complexity index is 488. The van der Waals surface area contributed by atoms with Crippen molar-refractivity contribution in [3.8, 4) is 11.8 Å². The number of nitrogens with zero attached hydrogens (tertiary/aromatic N) is 1. The highest BCUT2D eigenvalue weighted by Crippen LogP contribution is 2.36. The molecule has 0 saturated carbocycles. The fourth-order valence-electron chi connectivity index (χ4n) is 1.19. The van der Waals surface area contributed by atoms with Crippen molar-refractivity contribution in [3.63, 3.8) is 0 Å². The molecular formula is C9H6F5NO4. The van der Waals surface area contributed by atoms with Crippen LogP contribution >= 0.6 is 0 Å². The van der Waals surface area contributed by atoms with E-state index in [2.05, 4.69) is 14.5 Å². The number of rotatable bonds is 4. The van der Waals surface area contributed by atoms with E-state index in [0.29, 0.717) is 6.07 Å². The van der Waals surface area contributed by atoms with Crippen molar-refractivity contribution in [3.05, 3.63) is 17.2 Å². The van der Waals surface area contributed by atoms with E-state index >= 15 is 0 Å². The summed E-state index contributed by atoms with van der Waals surface area (Å²) < 4.78 is 69.2. The number of carboxylic acids is 1. The molecule has 19 heavy (non-hydrogen) atoms. The van der Waals surface area contributed by atoms with E-state index in [0.717, 1.165) is 7.11 Å². The predicted octanol–water partition coefficient (Wildman–Crippen LogP) is 2.62. The maximum absolute atomic E-state index is 12.7. The first-order chi connectivity index (χ1) is 8.65. The van der Waals surface area contributed by atoms with Crippen LogP contribution in [0.1, 0.15) is 22.3 Å². The molecule has 0 aromatic carbocycles. The number of hydrogen-bond donors (Lipinski definition) is 1. The summed E-state index contributed by atoms with van der Waals surface area (Å²) in [5.74, 6) is -4.01. The minimum absolute atomic E-state index is 0.576. The van der Waals surface area contributed by atoms with Gasteiger partial charge in [0.1, 0.15) is 0 Å². The maximum atomic E-state index is 12.7. The molecule has 0 spiro atoms. The maximum Gasteiger partial charge on any atom is 0.574 e. The Balaban J connectivity index is 3.48. The average Bonchev–Trinajstić information content (AvgIpc) is 2.24. The third kappa shape index (κ3) is 3.66. The topological polar surface area (TPSA) is 68.7 Å². The van der Waals surface area contributed by atoms with Crippen LogP contribution in [0, 0.1) is 0 Å². The quantitative estimate of drug-likeness (QED) is 0.862. The van der Waals surface area contributed by atoms with Gasteiger partial charge in [-0.05, 0) is 0 Å². The van der Waals surface area contributed by atoms with Crippen LogP contribution in [-0.4, -0.2) is 29.5 Å².